The maximum absolute atomic E-state index is 11.1. The summed E-state index contributed by atoms with van der Waals surface area (Å²) in [7, 11) is 0. The number of nitrogens with one attached hydrogen (secondary N) is 1. The van der Waals surface area contributed by atoms with Crippen LogP contribution in [-0.2, 0) is 0 Å². The molecule has 0 radical (unpaired) electrons. The van der Waals surface area contributed by atoms with Crippen LogP contribution in [0.4, 0.5) is 5.69 Å². The molecule has 1 N–H and O–H groups in total. The van der Waals surface area contributed by atoms with Gasteiger partial charge in [0.1, 0.15) is 11.5 Å². The van der Waals surface area contributed by atoms with Crippen molar-refractivity contribution >= 4 is 5.69 Å². The van der Waals surface area contributed by atoms with Crippen LogP contribution in [0.2, 0.25) is 0 Å². The summed E-state index contributed by atoms with van der Waals surface area (Å²) in [4.78, 5) is 21.9. The van der Waals surface area contributed by atoms with E-state index in [0.29, 0.717) is 5.69 Å². The molecule has 0 aliphatic rings. The van der Waals surface area contributed by atoms with Crippen LogP contribution in [0.3, 0.4) is 0 Å². The number of anilines is 1. The van der Waals surface area contributed by atoms with Gasteiger partial charge < -0.3 is 9.73 Å². The highest BCUT2D eigenvalue weighted by Crippen LogP contribution is 2.22. The standard InChI is InChI=1S/C12H13NO3/c1-3-8(11-5-4-7(2)16-11)13-9-6-10(14)12(9)15/h4-6,8,13H,3H2,1-2H3/t8-/m1/s1. The molecule has 0 aliphatic carbocycles. The Bertz CT molecular complexity index is 561. The third kappa shape index (κ3) is 1.78. The van der Waals surface area contributed by atoms with Crippen LogP contribution in [-0.4, -0.2) is 0 Å². The lowest BCUT2D eigenvalue weighted by molar-refractivity contribution is 0.452. The van der Waals surface area contributed by atoms with Crippen molar-refractivity contribution in [3.63, 3.8) is 0 Å². The Balaban J connectivity index is 2.16. The Morgan fingerprint density at radius 3 is 2.56 bits per heavy atom. The Hall–Kier alpha value is -1.84. The van der Waals surface area contributed by atoms with Crippen LogP contribution >= 0.6 is 0 Å². The zero-order valence-corrected chi connectivity index (χ0v) is 9.24. The van der Waals surface area contributed by atoms with Gasteiger partial charge in [-0.05, 0) is 25.5 Å². The first kappa shape index (κ1) is 10.7. The van der Waals surface area contributed by atoms with Gasteiger partial charge in [0.2, 0.25) is 10.9 Å². The van der Waals surface area contributed by atoms with E-state index in [9.17, 15) is 9.59 Å². The van der Waals surface area contributed by atoms with Crippen LogP contribution in [0.5, 0.6) is 0 Å². The summed E-state index contributed by atoms with van der Waals surface area (Å²) in [6.07, 6.45) is 0.783. The second kappa shape index (κ2) is 3.96. The van der Waals surface area contributed by atoms with Crippen molar-refractivity contribution in [2.45, 2.75) is 26.3 Å². The van der Waals surface area contributed by atoms with Gasteiger partial charge in [0.25, 0.3) is 0 Å². The molecule has 2 aromatic rings. The van der Waals surface area contributed by atoms with E-state index in [0.717, 1.165) is 17.9 Å². The van der Waals surface area contributed by atoms with E-state index in [4.69, 9.17) is 4.42 Å². The van der Waals surface area contributed by atoms with E-state index in [1.165, 1.54) is 6.07 Å². The fraction of sp³-hybridized carbons (Fsp3) is 0.333. The second-order valence-electron chi connectivity index (χ2n) is 3.80. The quantitative estimate of drug-likeness (QED) is 0.796. The van der Waals surface area contributed by atoms with Crippen molar-refractivity contribution < 1.29 is 4.42 Å². The van der Waals surface area contributed by atoms with Gasteiger partial charge in [0, 0.05) is 6.07 Å². The maximum Gasteiger partial charge on any atom is 0.248 e. The van der Waals surface area contributed by atoms with E-state index >= 15 is 0 Å². The molecular weight excluding hydrogens is 206 g/mol. The lowest BCUT2D eigenvalue weighted by atomic mass is 10.1. The van der Waals surface area contributed by atoms with Crippen LogP contribution in [0.15, 0.2) is 32.2 Å². The average molecular weight is 219 g/mol. The van der Waals surface area contributed by atoms with E-state index in [1.54, 1.807) is 0 Å². The van der Waals surface area contributed by atoms with Gasteiger partial charge in [-0.2, -0.15) is 0 Å². The van der Waals surface area contributed by atoms with Crippen LogP contribution in [0.1, 0.15) is 30.9 Å². The average Bonchev–Trinajstić information content (AvgIpc) is 2.70. The number of rotatable bonds is 4. The van der Waals surface area contributed by atoms with Gasteiger partial charge in [-0.3, -0.25) is 9.59 Å². The lowest BCUT2D eigenvalue weighted by Gasteiger charge is -2.15. The molecular formula is C12H13NO3. The summed E-state index contributed by atoms with van der Waals surface area (Å²) in [5.74, 6) is 1.62. The number of aryl methyl sites for hydroxylation is 1. The normalized spacial score (nSPS) is 12.9. The molecule has 0 spiro atoms. The zero-order valence-electron chi connectivity index (χ0n) is 9.24. The molecule has 0 aliphatic heterocycles. The third-order valence-corrected chi connectivity index (χ3v) is 2.59. The minimum Gasteiger partial charge on any atom is -0.464 e. The zero-order chi connectivity index (χ0) is 11.7. The SMILES string of the molecule is CC[C@@H](Nc1cc(=O)c1=O)c1ccc(C)o1. The highest BCUT2D eigenvalue weighted by molar-refractivity contribution is 5.48. The first-order chi connectivity index (χ1) is 7.61. The molecule has 0 saturated carbocycles. The highest BCUT2D eigenvalue weighted by atomic mass is 16.3. The van der Waals surface area contributed by atoms with Crippen LogP contribution in [0.25, 0.3) is 0 Å². The van der Waals surface area contributed by atoms with Crippen molar-refractivity contribution in [3.05, 3.63) is 50.2 Å². The highest BCUT2D eigenvalue weighted by Gasteiger charge is 2.17. The fourth-order valence-electron chi connectivity index (χ4n) is 1.63. The molecule has 0 amide bonds. The molecule has 1 aromatic carbocycles. The summed E-state index contributed by atoms with van der Waals surface area (Å²) in [5.41, 5.74) is -0.499. The largest absolute Gasteiger partial charge is 0.464 e. The van der Waals surface area contributed by atoms with Crippen LogP contribution < -0.4 is 16.2 Å². The summed E-state index contributed by atoms with van der Waals surface area (Å²) in [5, 5.41) is 3.01. The first-order valence-electron chi connectivity index (χ1n) is 5.25. The van der Waals surface area contributed by atoms with Crippen molar-refractivity contribution in [2.75, 3.05) is 5.32 Å². The van der Waals surface area contributed by atoms with Crippen molar-refractivity contribution in [1.82, 2.24) is 0 Å². The summed E-state index contributed by atoms with van der Waals surface area (Å²) >= 11 is 0. The third-order valence-electron chi connectivity index (χ3n) is 2.59. The smallest absolute Gasteiger partial charge is 0.248 e. The molecule has 84 valence electrons. The summed E-state index contributed by atoms with van der Waals surface area (Å²) < 4.78 is 5.48. The molecule has 0 fully saturated rings. The Morgan fingerprint density at radius 1 is 1.38 bits per heavy atom. The van der Waals surface area contributed by atoms with Gasteiger partial charge in [-0.1, -0.05) is 6.92 Å². The summed E-state index contributed by atoms with van der Waals surface area (Å²) in [6, 6.07) is 5.02. The molecule has 0 unspecified atom stereocenters. The molecule has 2 rings (SSSR count). The minimum absolute atomic E-state index is 0.0583. The molecule has 16 heavy (non-hydrogen) atoms. The molecule has 4 heteroatoms. The molecule has 1 atom stereocenters. The number of hydrogen-bond acceptors (Lipinski definition) is 4. The number of hydrogen-bond donors (Lipinski definition) is 1. The van der Waals surface area contributed by atoms with E-state index in [1.807, 2.05) is 26.0 Å². The van der Waals surface area contributed by atoms with Crippen molar-refractivity contribution in [2.24, 2.45) is 0 Å². The van der Waals surface area contributed by atoms with E-state index in [-0.39, 0.29) is 6.04 Å². The lowest BCUT2D eigenvalue weighted by Crippen LogP contribution is -2.33. The van der Waals surface area contributed by atoms with Crippen LogP contribution in [0, 0.1) is 6.92 Å². The van der Waals surface area contributed by atoms with E-state index < -0.39 is 10.9 Å². The van der Waals surface area contributed by atoms with Gasteiger partial charge in [-0.15, -0.1) is 0 Å². The van der Waals surface area contributed by atoms with Gasteiger partial charge in [-0.25, -0.2) is 0 Å². The minimum atomic E-state index is -0.443. The first-order valence-corrected chi connectivity index (χ1v) is 5.25. The number of furan rings is 1. The van der Waals surface area contributed by atoms with Gasteiger partial charge in [0.05, 0.1) is 11.7 Å². The Morgan fingerprint density at radius 2 is 2.12 bits per heavy atom. The molecule has 0 saturated heterocycles. The molecule has 4 nitrogen and oxygen atoms in total. The van der Waals surface area contributed by atoms with Gasteiger partial charge in [0.15, 0.2) is 0 Å². The summed E-state index contributed by atoms with van der Waals surface area (Å²) in [6.45, 7) is 3.86. The topological polar surface area (TPSA) is 59.3 Å². The van der Waals surface area contributed by atoms with Gasteiger partial charge >= 0.3 is 0 Å². The Labute approximate surface area is 92.6 Å². The molecule has 1 aromatic heterocycles. The van der Waals surface area contributed by atoms with E-state index in [2.05, 4.69) is 5.32 Å². The maximum atomic E-state index is 11.1. The second-order valence-corrected chi connectivity index (χ2v) is 3.80. The molecule has 0 bridgehead atoms. The van der Waals surface area contributed by atoms with Crippen molar-refractivity contribution in [1.29, 1.82) is 0 Å². The monoisotopic (exact) mass is 219 g/mol. The predicted octanol–water partition coefficient (Wildman–Crippen LogP) is 1.75. The Kier molecular flexibility index (Phi) is 2.64. The molecule has 1 heterocycles. The van der Waals surface area contributed by atoms with Crippen molar-refractivity contribution in [3.8, 4) is 0 Å². The predicted molar refractivity (Wildman–Crippen MR) is 61.5 cm³/mol. The fourth-order valence-corrected chi connectivity index (χ4v) is 1.63.